The summed E-state index contributed by atoms with van der Waals surface area (Å²) in [7, 11) is 0. The number of anilines is 1. The monoisotopic (exact) mass is 303 g/mol. The number of rotatable bonds is 4. The molecule has 7 heteroatoms. The number of urea groups is 1. The van der Waals surface area contributed by atoms with Crippen molar-refractivity contribution in [2.24, 2.45) is 0 Å². The van der Waals surface area contributed by atoms with E-state index in [1.54, 1.807) is 19.1 Å². The summed E-state index contributed by atoms with van der Waals surface area (Å²) in [6, 6.07) is 4.63. The normalized spacial score (nSPS) is 14.8. The number of hydrogen-bond acceptors (Lipinski definition) is 4. The zero-order valence-electron chi connectivity index (χ0n) is 12.7. The van der Waals surface area contributed by atoms with Gasteiger partial charge in [0, 0.05) is 12.2 Å². The number of amides is 5. The van der Waals surface area contributed by atoms with Gasteiger partial charge in [-0.05, 0) is 44.0 Å². The summed E-state index contributed by atoms with van der Waals surface area (Å²) in [4.78, 5) is 48.6. The first-order valence-corrected chi connectivity index (χ1v) is 6.89. The number of carbonyl (C=O) groups is 4. The van der Waals surface area contributed by atoms with E-state index in [1.165, 1.54) is 0 Å². The minimum absolute atomic E-state index is 0.0959. The first kappa shape index (κ1) is 15.7. The first-order chi connectivity index (χ1) is 10.3. The van der Waals surface area contributed by atoms with Gasteiger partial charge in [0.15, 0.2) is 0 Å². The van der Waals surface area contributed by atoms with Crippen molar-refractivity contribution in [3.63, 3.8) is 0 Å². The molecular formula is C15H17N3O4. The number of hydrogen-bond donors (Lipinski definition) is 1. The van der Waals surface area contributed by atoms with Gasteiger partial charge in [-0.15, -0.1) is 0 Å². The molecule has 2 rings (SSSR count). The predicted octanol–water partition coefficient (Wildman–Crippen LogP) is 1.05. The quantitative estimate of drug-likeness (QED) is 0.665. The van der Waals surface area contributed by atoms with Crippen LogP contribution in [0.1, 0.15) is 18.1 Å². The molecule has 0 radical (unpaired) electrons. The lowest BCUT2D eigenvalue weighted by atomic mass is 10.1. The fourth-order valence-corrected chi connectivity index (χ4v) is 2.13. The number of benzene rings is 1. The number of aryl methyl sites for hydroxylation is 2. The van der Waals surface area contributed by atoms with E-state index in [9.17, 15) is 19.2 Å². The van der Waals surface area contributed by atoms with Crippen molar-refractivity contribution in [3.05, 3.63) is 29.3 Å². The van der Waals surface area contributed by atoms with Gasteiger partial charge < -0.3 is 5.32 Å². The van der Waals surface area contributed by atoms with Crippen LogP contribution >= 0.6 is 0 Å². The van der Waals surface area contributed by atoms with Gasteiger partial charge in [0.05, 0.1) is 0 Å². The number of imide groups is 2. The summed E-state index contributed by atoms with van der Waals surface area (Å²) in [6.45, 7) is 5.07. The fourth-order valence-electron chi connectivity index (χ4n) is 2.13. The minimum Gasteiger partial charge on any atom is -0.325 e. The summed E-state index contributed by atoms with van der Waals surface area (Å²) in [6.07, 6.45) is 0. The zero-order chi connectivity index (χ0) is 16.4. The number of likely N-dealkylation sites (N-methyl/N-ethyl adjacent to an activating group) is 1. The van der Waals surface area contributed by atoms with Crippen LogP contribution in [0.25, 0.3) is 0 Å². The third-order valence-corrected chi connectivity index (χ3v) is 3.54. The molecule has 1 N–H and O–H groups in total. The Kier molecular flexibility index (Phi) is 4.25. The molecule has 7 nitrogen and oxygen atoms in total. The third-order valence-electron chi connectivity index (χ3n) is 3.54. The van der Waals surface area contributed by atoms with E-state index >= 15 is 0 Å². The molecule has 1 fully saturated rings. The molecule has 0 atom stereocenters. The van der Waals surface area contributed by atoms with Gasteiger partial charge in [-0.3, -0.25) is 19.3 Å². The Hall–Kier alpha value is -2.70. The Balaban J connectivity index is 2.06. The van der Waals surface area contributed by atoms with E-state index in [4.69, 9.17) is 0 Å². The lowest BCUT2D eigenvalue weighted by molar-refractivity contribution is -0.143. The fraction of sp³-hybridized carbons (Fsp3) is 0.333. The molecule has 1 aliphatic rings. The maximum absolute atomic E-state index is 12.0. The van der Waals surface area contributed by atoms with E-state index in [0.29, 0.717) is 10.6 Å². The van der Waals surface area contributed by atoms with Gasteiger partial charge in [0.2, 0.25) is 5.91 Å². The first-order valence-electron chi connectivity index (χ1n) is 6.89. The van der Waals surface area contributed by atoms with Crippen molar-refractivity contribution in [1.29, 1.82) is 0 Å². The van der Waals surface area contributed by atoms with Crippen LogP contribution in [0.2, 0.25) is 0 Å². The molecule has 22 heavy (non-hydrogen) atoms. The lowest BCUT2D eigenvalue weighted by Crippen LogP contribution is -2.38. The van der Waals surface area contributed by atoms with Gasteiger partial charge in [-0.1, -0.05) is 6.07 Å². The second-order valence-electron chi connectivity index (χ2n) is 5.07. The van der Waals surface area contributed by atoms with Crippen molar-refractivity contribution >= 4 is 29.4 Å². The van der Waals surface area contributed by atoms with Crippen LogP contribution in [0.5, 0.6) is 0 Å². The number of carbonyl (C=O) groups excluding carboxylic acids is 4. The zero-order valence-corrected chi connectivity index (χ0v) is 12.7. The standard InChI is InChI=1S/C15H17N3O4/c1-4-17-13(20)14(21)18(15(17)22)8-12(19)16-11-6-5-9(2)10(3)7-11/h5-7H,4,8H2,1-3H3,(H,16,19). The average molecular weight is 303 g/mol. The van der Waals surface area contributed by atoms with Gasteiger partial charge in [0.1, 0.15) is 6.54 Å². The Morgan fingerprint density at radius 1 is 1.05 bits per heavy atom. The molecule has 0 bridgehead atoms. The third kappa shape index (κ3) is 2.83. The summed E-state index contributed by atoms with van der Waals surface area (Å²) in [5.41, 5.74) is 2.68. The maximum Gasteiger partial charge on any atom is 0.334 e. The molecule has 1 aromatic rings. The highest BCUT2D eigenvalue weighted by atomic mass is 16.2. The Labute approximate surface area is 127 Å². The van der Waals surface area contributed by atoms with Crippen LogP contribution in [-0.4, -0.2) is 46.6 Å². The van der Waals surface area contributed by atoms with Crippen LogP contribution in [-0.2, 0) is 14.4 Å². The molecule has 0 spiro atoms. The molecule has 0 aliphatic carbocycles. The van der Waals surface area contributed by atoms with Crippen molar-refractivity contribution in [3.8, 4) is 0 Å². The summed E-state index contributed by atoms with van der Waals surface area (Å²) in [5.74, 6) is -2.40. The van der Waals surface area contributed by atoms with Crippen LogP contribution in [0.3, 0.4) is 0 Å². The van der Waals surface area contributed by atoms with E-state index in [-0.39, 0.29) is 6.54 Å². The van der Waals surface area contributed by atoms with E-state index < -0.39 is 30.3 Å². The second kappa shape index (κ2) is 5.97. The van der Waals surface area contributed by atoms with Gasteiger partial charge in [0.25, 0.3) is 0 Å². The Morgan fingerprint density at radius 2 is 1.68 bits per heavy atom. The molecule has 1 saturated heterocycles. The molecule has 0 unspecified atom stereocenters. The molecule has 1 heterocycles. The van der Waals surface area contributed by atoms with E-state index in [2.05, 4.69) is 5.32 Å². The number of nitrogens with zero attached hydrogens (tertiary/aromatic N) is 2. The molecular weight excluding hydrogens is 286 g/mol. The maximum atomic E-state index is 12.0. The van der Waals surface area contributed by atoms with E-state index in [0.717, 1.165) is 16.0 Å². The van der Waals surface area contributed by atoms with Crippen LogP contribution < -0.4 is 5.32 Å². The highest BCUT2D eigenvalue weighted by Gasteiger charge is 2.44. The molecule has 5 amide bonds. The average Bonchev–Trinajstić information content (AvgIpc) is 2.66. The van der Waals surface area contributed by atoms with Crippen LogP contribution in [0.15, 0.2) is 18.2 Å². The van der Waals surface area contributed by atoms with Gasteiger partial charge in [-0.2, -0.15) is 0 Å². The highest BCUT2D eigenvalue weighted by Crippen LogP contribution is 2.15. The molecule has 0 aromatic heterocycles. The Morgan fingerprint density at radius 3 is 2.23 bits per heavy atom. The number of nitrogens with one attached hydrogen (secondary N) is 1. The Bertz CT molecular complexity index is 669. The van der Waals surface area contributed by atoms with Gasteiger partial charge in [-0.25, -0.2) is 9.69 Å². The predicted molar refractivity (Wildman–Crippen MR) is 79.0 cm³/mol. The molecule has 1 aromatic carbocycles. The van der Waals surface area contributed by atoms with Gasteiger partial charge >= 0.3 is 17.8 Å². The molecule has 0 saturated carbocycles. The van der Waals surface area contributed by atoms with Crippen molar-refractivity contribution in [2.45, 2.75) is 20.8 Å². The van der Waals surface area contributed by atoms with Crippen molar-refractivity contribution in [2.75, 3.05) is 18.4 Å². The van der Waals surface area contributed by atoms with Crippen molar-refractivity contribution < 1.29 is 19.2 Å². The smallest absolute Gasteiger partial charge is 0.325 e. The lowest BCUT2D eigenvalue weighted by Gasteiger charge is -2.14. The summed E-state index contributed by atoms with van der Waals surface area (Å²) in [5, 5.41) is 2.61. The SMILES string of the molecule is CCN1C(=O)C(=O)N(CC(=O)Nc2ccc(C)c(C)c2)C1=O. The van der Waals surface area contributed by atoms with Crippen LogP contribution in [0.4, 0.5) is 10.5 Å². The molecule has 116 valence electrons. The highest BCUT2D eigenvalue weighted by molar-refractivity contribution is 6.45. The van der Waals surface area contributed by atoms with E-state index in [1.807, 2.05) is 19.9 Å². The topological polar surface area (TPSA) is 86.8 Å². The second-order valence-corrected chi connectivity index (χ2v) is 5.07. The summed E-state index contributed by atoms with van der Waals surface area (Å²) < 4.78 is 0. The minimum atomic E-state index is -0.970. The van der Waals surface area contributed by atoms with Crippen LogP contribution in [0, 0.1) is 13.8 Å². The van der Waals surface area contributed by atoms with Crippen molar-refractivity contribution in [1.82, 2.24) is 9.80 Å². The summed E-state index contributed by atoms with van der Waals surface area (Å²) >= 11 is 0. The largest absolute Gasteiger partial charge is 0.334 e. The molecule has 1 aliphatic heterocycles.